The van der Waals surface area contributed by atoms with Gasteiger partial charge in [-0.3, -0.25) is 4.79 Å². The minimum atomic E-state index is -0.486. The van der Waals surface area contributed by atoms with E-state index in [1.54, 1.807) is 0 Å². The summed E-state index contributed by atoms with van der Waals surface area (Å²) in [6.45, 7) is 0. The minimum Gasteiger partial charge on any atom is -0.457 e. The van der Waals surface area contributed by atoms with Crippen LogP contribution in [0.25, 0.3) is 0 Å². The average molecular weight is 340 g/mol. The summed E-state index contributed by atoms with van der Waals surface area (Å²) >= 11 is 0. The molecule has 5 rings (SSSR count). The van der Waals surface area contributed by atoms with Crippen molar-refractivity contribution in [3.63, 3.8) is 0 Å². The molecule has 0 N–H and O–H groups in total. The first-order valence-electron chi connectivity index (χ1n) is 9.27. The predicted octanol–water partition coefficient (Wildman–Crippen LogP) is 5.50. The molecule has 3 aromatic carbocycles. The molecule has 2 aliphatic rings. The average Bonchev–Trinajstić information content (AvgIpc) is 3.13. The molecule has 128 valence electrons. The molecule has 1 heterocycles. The van der Waals surface area contributed by atoms with E-state index in [-0.39, 0.29) is 5.92 Å². The summed E-state index contributed by atoms with van der Waals surface area (Å²) < 4.78 is 6.24. The van der Waals surface area contributed by atoms with E-state index in [0.29, 0.717) is 12.2 Å². The van der Waals surface area contributed by atoms with Crippen LogP contribution in [0.4, 0.5) is 0 Å². The van der Waals surface area contributed by atoms with Gasteiger partial charge in [-0.25, -0.2) is 0 Å². The first kappa shape index (κ1) is 15.4. The van der Waals surface area contributed by atoms with Gasteiger partial charge in [0, 0.05) is 23.5 Å². The summed E-state index contributed by atoms with van der Waals surface area (Å²) in [4.78, 5) is 13.0. The second-order valence-corrected chi connectivity index (χ2v) is 7.18. The number of para-hydroxylation sites is 2. The van der Waals surface area contributed by atoms with Crippen molar-refractivity contribution in [2.45, 2.75) is 24.7 Å². The fourth-order valence-electron chi connectivity index (χ4n) is 4.89. The molecule has 1 aliphatic heterocycles. The molecule has 3 aromatic rings. The number of ether oxygens (including phenoxy) is 1. The Kier molecular flexibility index (Phi) is 3.46. The van der Waals surface area contributed by atoms with Gasteiger partial charge < -0.3 is 4.74 Å². The van der Waals surface area contributed by atoms with E-state index < -0.39 is 5.41 Å². The van der Waals surface area contributed by atoms with E-state index in [4.69, 9.17) is 4.74 Å². The lowest BCUT2D eigenvalue weighted by molar-refractivity contribution is -0.121. The molecule has 1 unspecified atom stereocenters. The Bertz CT molecular complexity index is 929. The Morgan fingerprint density at radius 3 is 1.92 bits per heavy atom. The van der Waals surface area contributed by atoms with Gasteiger partial charge in [-0.15, -0.1) is 0 Å². The lowest BCUT2D eigenvalue weighted by Gasteiger charge is -2.44. The number of fused-ring (bicyclic) bond motifs is 2. The molecule has 0 bridgehead atoms. The largest absolute Gasteiger partial charge is 0.457 e. The zero-order valence-corrected chi connectivity index (χ0v) is 14.5. The van der Waals surface area contributed by atoms with Crippen LogP contribution in [0.2, 0.25) is 0 Å². The summed E-state index contributed by atoms with van der Waals surface area (Å²) in [6.07, 6.45) is 2.55. The van der Waals surface area contributed by atoms with Crippen LogP contribution in [0.15, 0.2) is 78.9 Å². The first-order chi connectivity index (χ1) is 12.8. The Hall–Kier alpha value is -2.87. The predicted molar refractivity (Wildman–Crippen MR) is 102 cm³/mol. The van der Waals surface area contributed by atoms with E-state index in [9.17, 15) is 4.79 Å². The van der Waals surface area contributed by atoms with Gasteiger partial charge in [0.2, 0.25) is 0 Å². The molecule has 0 radical (unpaired) electrons. The highest BCUT2D eigenvalue weighted by Crippen LogP contribution is 2.57. The maximum atomic E-state index is 13.0. The summed E-state index contributed by atoms with van der Waals surface area (Å²) in [6, 6.07) is 26.9. The van der Waals surface area contributed by atoms with Crippen molar-refractivity contribution in [1.29, 1.82) is 0 Å². The fraction of sp³-hybridized carbons (Fsp3) is 0.208. The molecule has 0 aromatic heterocycles. The standard InChI is InChI=1S/C24H20O2/c25-21-14-8-13-18(21)24(17-9-2-1-3-10-17)19-11-4-6-15-22(19)26-23-16-7-5-12-20(23)24/h1-7,9-12,15-16,18H,8,13-14H2. The zero-order valence-electron chi connectivity index (χ0n) is 14.5. The highest BCUT2D eigenvalue weighted by atomic mass is 16.5. The number of hydrogen-bond donors (Lipinski definition) is 0. The van der Waals surface area contributed by atoms with Crippen molar-refractivity contribution in [2.24, 2.45) is 5.92 Å². The lowest BCUT2D eigenvalue weighted by Crippen LogP contribution is -2.42. The molecular formula is C24H20O2. The van der Waals surface area contributed by atoms with Crippen molar-refractivity contribution in [3.05, 3.63) is 95.6 Å². The Morgan fingerprint density at radius 1 is 0.769 bits per heavy atom. The number of carbonyl (C=O) groups excluding carboxylic acids is 1. The number of benzene rings is 3. The van der Waals surface area contributed by atoms with Crippen LogP contribution in [0.1, 0.15) is 36.0 Å². The van der Waals surface area contributed by atoms with Crippen LogP contribution in [0.3, 0.4) is 0 Å². The summed E-state index contributed by atoms with van der Waals surface area (Å²) in [7, 11) is 0. The van der Waals surface area contributed by atoms with Crippen LogP contribution < -0.4 is 4.74 Å². The molecule has 1 aliphatic carbocycles. The number of hydrogen-bond acceptors (Lipinski definition) is 2. The van der Waals surface area contributed by atoms with E-state index in [0.717, 1.165) is 35.5 Å². The SMILES string of the molecule is O=C1CCCC1C1(c2ccccc2)c2ccccc2Oc2ccccc21. The molecule has 0 saturated heterocycles. The van der Waals surface area contributed by atoms with Gasteiger partial charge in [-0.2, -0.15) is 0 Å². The Morgan fingerprint density at radius 2 is 1.35 bits per heavy atom. The second kappa shape index (κ2) is 5.84. The molecule has 2 heteroatoms. The van der Waals surface area contributed by atoms with Crippen LogP contribution in [0, 0.1) is 5.92 Å². The number of Topliss-reactive ketones (excluding diaryl/α,β-unsaturated/α-hetero) is 1. The van der Waals surface area contributed by atoms with E-state index >= 15 is 0 Å². The lowest BCUT2D eigenvalue weighted by atomic mass is 9.59. The first-order valence-corrected chi connectivity index (χ1v) is 9.27. The second-order valence-electron chi connectivity index (χ2n) is 7.18. The third-order valence-corrected chi connectivity index (χ3v) is 5.90. The maximum Gasteiger partial charge on any atom is 0.137 e. The quantitative estimate of drug-likeness (QED) is 0.616. The minimum absolute atomic E-state index is 0.0592. The van der Waals surface area contributed by atoms with Crippen LogP contribution in [-0.4, -0.2) is 5.78 Å². The van der Waals surface area contributed by atoms with E-state index in [1.165, 1.54) is 5.56 Å². The highest BCUT2D eigenvalue weighted by Gasteiger charge is 2.52. The monoisotopic (exact) mass is 340 g/mol. The highest BCUT2D eigenvalue weighted by molar-refractivity contribution is 5.87. The van der Waals surface area contributed by atoms with E-state index in [1.807, 2.05) is 42.5 Å². The maximum absolute atomic E-state index is 13.0. The summed E-state index contributed by atoms with van der Waals surface area (Å²) in [5, 5.41) is 0. The van der Waals surface area contributed by atoms with Crippen LogP contribution >= 0.6 is 0 Å². The zero-order chi connectivity index (χ0) is 17.6. The molecule has 0 amide bonds. The molecule has 0 spiro atoms. The van der Waals surface area contributed by atoms with E-state index in [2.05, 4.69) is 36.4 Å². The van der Waals surface area contributed by atoms with Crippen molar-refractivity contribution in [1.82, 2.24) is 0 Å². The molecular weight excluding hydrogens is 320 g/mol. The van der Waals surface area contributed by atoms with Gasteiger partial charge in [0.25, 0.3) is 0 Å². The van der Waals surface area contributed by atoms with Gasteiger partial charge in [-0.05, 0) is 30.5 Å². The molecule has 2 nitrogen and oxygen atoms in total. The topological polar surface area (TPSA) is 26.3 Å². The van der Waals surface area contributed by atoms with Crippen molar-refractivity contribution >= 4 is 5.78 Å². The summed E-state index contributed by atoms with van der Waals surface area (Å²) in [5.74, 6) is 2.01. The number of ketones is 1. The van der Waals surface area contributed by atoms with Gasteiger partial charge in [0.05, 0.1) is 5.41 Å². The van der Waals surface area contributed by atoms with Crippen LogP contribution in [-0.2, 0) is 10.2 Å². The van der Waals surface area contributed by atoms with Crippen molar-refractivity contribution in [2.75, 3.05) is 0 Å². The number of rotatable bonds is 2. The smallest absolute Gasteiger partial charge is 0.137 e. The van der Waals surface area contributed by atoms with Gasteiger partial charge in [-0.1, -0.05) is 66.7 Å². The Balaban J connectivity index is 1.91. The number of carbonyl (C=O) groups is 1. The summed E-state index contributed by atoms with van der Waals surface area (Å²) in [5.41, 5.74) is 2.89. The third kappa shape index (κ3) is 2.02. The Labute approximate surface area is 153 Å². The van der Waals surface area contributed by atoms with Crippen molar-refractivity contribution in [3.8, 4) is 11.5 Å². The fourth-order valence-corrected chi connectivity index (χ4v) is 4.89. The van der Waals surface area contributed by atoms with Crippen LogP contribution in [0.5, 0.6) is 11.5 Å². The molecule has 1 atom stereocenters. The molecule has 1 fully saturated rings. The molecule has 1 saturated carbocycles. The van der Waals surface area contributed by atoms with Gasteiger partial charge in [0.1, 0.15) is 17.3 Å². The van der Waals surface area contributed by atoms with Gasteiger partial charge in [0.15, 0.2) is 0 Å². The van der Waals surface area contributed by atoms with Crippen molar-refractivity contribution < 1.29 is 9.53 Å². The normalized spacial score (nSPS) is 20.2. The van der Waals surface area contributed by atoms with Gasteiger partial charge >= 0.3 is 0 Å². The molecule has 26 heavy (non-hydrogen) atoms. The third-order valence-electron chi connectivity index (χ3n) is 5.90.